The minimum atomic E-state index is -0.893. The van der Waals surface area contributed by atoms with Gasteiger partial charge in [-0.25, -0.2) is 4.98 Å². The van der Waals surface area contributed by atoms with Crippen LogP contribution in [-0.2, 0) is 25.5 Å². The second-order valence-corrected chi connectivity index (χ2v) is 14.6. The average Bonchev–Trinajstić information content (AvgIpc) is 3.58. The molecule has 3 amide bonds. The van der Waals surface area contributed by atoms with Gasteiger partial charge in [0, 0.05) is 44.0 Å². The first-order valence-corrected chi connectivity index (χ1v) is 19.3. The number of nitrogens with two attached hydrogens (primary N) is 1. The number of thiazole rings is 1. The number of carboxylic acid groups (broad SMARTS) is 1. The number of carbonyl (C=O) groups is 4. The molecule has 0 radical (unpaired) electrons. The Bertz CT molecular complexity index is 1220. The van der Waals surface area contributed by atoms with E-state index in [0.29, 0.717) is 37.3 Å². The van der Waals surface area contributed by atoms with Gasteiger partial charge >= 0.3 is 5.97 Å². The number of benzene rings is 1. The Labute approximate surface area is 311 Å². The third-order valence-electron chi connectivity index (χ3n) is 8.25. The minimum Gasteiger partial charge on any atom is -0.481 e. The lowest BCUT2D eigenvalue weighted by molar-refractivity contribution is -0.141. The van der Waals surface area contributed by atoms with Crippen molar-refractivity contribution in [1.29, 1.82) is 0 Å². The van der Waals surface area contributed by atoms with Crippen molar-refractivity contribution in [3.05, 3.63) is 52.0 Å². The molecule has 2 aromatic rings. The van der Waals surface area contributed by atoms with Gasteiger partial charge in [0.25, 0.3) is 5.91 Å². The van der Waals surface area contributed by atoms with E-state index in [1.54, 1.807) is 12.3 Å². The first kappa shape index (κ1) is 47.7. The monoisotopic (exact) mass is 733 g/mol. The number of aromatic nitrogens is 1. The zero-order chi connectivity index (χ0) is 38.8. The van der Waals surface area contributed by atoms with Crippen molar-refractivity contribution in [3.63, 3.8) is 0 Å². The van der Waals surface area contributed by atoms with E-state index in [1.165, 1.54) is 43.6 Å². The van der Waals surface area contributed by atoms with E-state index in [4.69, 9.17) is 9.53 Å². The second kappa shape index (κ2) is 28.3. The molecule has 0 saturated heterocycles. The second-order valence-electron chi connectivity index (χ2n) is 13.7. The van der Waals surface area contributed by atoms with Gasteiger partial charge in [0.1, 0.15) is 16.8 Å². The summed E-state index contributed by atoms with van der Waals surface area (Å²) in [6, 6.07) is 9.32. The van der Waals surface area contributed by atoms with E-state index < -0.39 is 11.9 Å². The summed E-state index contributed by atoms with van der Waals surface area (Å²) in [4.78, 5) is 52.7. The van der Waals surface area contributed by atoms with Crippen LogP contribution in [0.3, 0.4) is 0 Å². The van der Waals surface area contributed by atoms with Crippen molar-refractivity contribution in [2.24, 2.45) is 23.5 Å². The number of amides is 3. The molecule has 1 heterocycles. The normalized spacial score (nSPS) is 13.2. The molecule has 2 rings (SSSR count). The van der Waals surface area contributed by atoms with Crippen LogP contribution in [-0.4, -0.2) is 78.5 Å². The summed E-state index contributed by atoms with van der Waals surface area (Å²) in [7, 11) is 3.87. The van der Waals surface area contributed by atoms with Gasteiger partial charge in [-0.3, -0.25) is 19.2 Å². The maximum Gasteiger partial charge on any atom is 0.306 e. The van der Waals surface area contributed by atoms with Crippen LogP contribution >= 0.6 is 11.3 Å². The predicted octanol–water partition coefficient (Wildman–Crippen LogP) is 6.87. The number of unbranched alkanes of at least 4 members (excludes halogenated alkanes) is 3. The predicted molar refractivity (Wildman–Crippen MR) is 208 cm³/mol. The van der Waals surface area contributed by atoms with Gasteiger partial charge in [-0.1, -0.05) is 98.1 Å². The molecule has 1 aromatic carbocycles. The van der Waals surface area contributed by atoms with E-state index in [1.807, 2.05) is 70.1 Å². The van der Waals surface area contributed by atoms with E-state index in [-0.39, 0.29) is 53.9 Å². The van der Waals surface area contributed by atoms with Crippen LogP contribution in [0, 0.1) is 17.8 Å². The highest BCUT2D eigenvalue weighted by atomic mass is 32.1. The molecule has 0 aliphatic rings. The first-order valence-electron chi connectivity index (χ1n) is 18.5. The number of nitrogens with zero attached hydrogens (tertiary/aromatic N) is 2. The molecule has 12 heteroatoms. The van der Waals surface area contributed by atoms with E-state index in [2.05, 4.69) is 42.1 Å². The van der Waals surface area contributed by atoms with Crippen molar-refractivity contribution < 1.29 is 29.0 Å². The largest absolute Gasteiger partial charge is 0.481 e. The standard InChI is InChI=1S/C31H47N3O5S.C7H17N.CH3NO/c1-8-14-39-27(18-26(21(4)5)34(7)28(35)15-20(2)3)30-33-25(19-40-30)29(36)32-24(16-22(6)31(37)38)17-23-12-10-9-11-13-23;1-3-4-5-6-7-8-2;2-1-3/h9-13,19-22,24,26-27H,8,14-18H2,1-7H3,(H,32,36)(H,37,38);8H,3-7H2,1-2H3;1H,(H2,2,3). The van der Waals surface area contributed by atoms with Gasteiger partial charge in [-0.15, -0.1) is 11.3 Å². The number of ether oxygens (including phenoxy) is 1. The van der Waals surface area contributed by atoms with Crippen molar-refractivity contribution in [2.75, 3.05) is 27.2 Å². The molecule has 0 aliphatic carbocycles. The minimum absolute atomic E-state index is 0.0398. The summed E-state index contributed by atoms with van der Waals surface area (Å²) < 4.78 is 6.21. The topological polar surface area (TPSA) is 164 Å². The molecule has 4 atom stereocenters. The summed E-state index contributed by atoms with van der Waals surface area (Å²) in [5.74, 6) is -1.22. The molecule has 1 aromatic heterocycles. The fraction of sp³-hybridized carbons (Fsp3) is 0.667. The summed E-state index contributed by atoms with van der Waals surface area (Å²) in [5, 5.41) is 18.0. The quantitative estimate of drug-likeness (QED) is 0.0753. The highest BCUT2D eigenvalue weighted by Crippen LogP contribution is 2.31. The van der Waals surface area contributed by atoms with Gasteiger partial charge < -0.3 is 31.1 Å². The van der Waals surface area contributed by atoms with Crippen LogP contribution in [0.5, 0.6) is 0 Å². The van der Waals surface area contributed by atoms with E-state index in [0.717, 1.165) is 12.0 Å². The van der Waals surface area contributed by atoms with Crippen molar-refractivity contribution in [3.8, 4) is 0 Å². The molecule has 11 nitrogen and oxygen atoms in total. The Morgan fingerprint density at radius 2 is 1.67 bits per heavy atom. The number of carbonyl (C=O) groups excluding carboxylic acids is 3. The smallest absolute Gasteiger partial charge is 0.306 e. The lowest BCUT2D eigenvalue weighted by Crippen LogP contribution is -2.42. The molecule has 290 valence electrons. The third kappa shape index (κ3) is 20.9. The first-order chi connectivity index (χ1) is 24.2. The molecule has 0 fully saturated rings. The van der Waals surface area contributed by atoms with Gasteiger partial charge in [-0.05, 0) is 56.7 Å². The summed E-state index contributed by atoms with van der Waals surface area (Å²) in [6.07, 6.45) is 8.10. The van der Waals surface area contributed by atoms with Crippen LogP contribution in [0.1, 0.15) is 127 Å². The van der Waals surface area contributed by atoms with Crippen LogP contribution in [0.15, 0.2) is 35.7 Å². The third-order valence-corrected chi connectivity index (χ3v) is 9.19. The molecule has 4 unspecified atom stereocenters. The number of rotatable bonds is 22. The number of hydrogen-bond acceptors (Lipinski definition) is 8. The molecule has 0 saturated carbocycles. The van der Waals surface area contributed by atoms with Gasteiger partial charge in [-0.2, -0.15) is 0 Å². The van der Waals surface area contributed by atoms with Gasteiger partial charge in [0.2, 0.25) is 12.3 Å². The van der Waals surface area contributed by atoms with Gasteiger partial charge in [0.05, 0.1) is 5.92 Å². The van der Waals surface area contributed by atoms with E-state index in [9.17, 15) is 19.5 Å². The Kier molecular flexibility index (Phi) is 26.4. The maximum atomic E-state index is 13.3. The number of carboxylic acids is 1. The fourth-order valence-electron chi connectivity index (χ4n) is 5.42. The Morgan fingerprint density at radius 1 is 1.02 bits per heavy atom. The fourth-order valence-corrected chi connectivity index (χ4v) is 6.28. The SMILES string of the molecule is CCCCCCNC.CCCOC(CC(C(C)C)N(C)C(=O)CC(C)C)c1nc(C(=O)NC(Cc2ccccc2)CC(C)C(=O)O)cs1.NC=O. The van der Waals surface area contributed by atoms with Gasteiger partial charge in [0.15, 0.2) is 0 Å². The van der Waals surface area contributed by atoms with Crippen LogP contribution in [0.2, 0.25) is 0 Å². The molecule has 51 heavy (non-hydrogen) atoms. The van der Waals surface area contributed by atoms with Crippen LogP contribution < -0.4 is 16.4 Å². The molecular formula is C39H67N5O6S. The zero-order valence-corrected chi connectivity index (χ0v) is 33.5. The van der Waals surface area contributed by atoms with E-state index >= 15 is 0 Å². The highest BCUT2D eigenvalue weighted by molar-refractivity contribution is 7.09. The number of primary amides is 1. The molecule has 5 N–H and O–H groups in total. The molecule has 0 bridgehead atoms. The summed E-state index contributed by atoms with van der Waals surface area (Å²) in [5.41, 5.74) is 5.48. The maximum absolute atomic E-state index is 13.3. The number of aliphatic carboxylic acids is 1. The zero-order valence-electron chi connectivity index (χ0n) is 32.7. The Morgan fingerprint density at radius 3 is 2.20 bits per heavy atom. The summed E-state index contributed by atoms with van der Waals surface area (Å²) in [6.45, 7) is 15.9. The Hall–Kier alpha value is -3.35. The Balaban J connectivity index is 0.00000197. The number of nitrogens with one attached hydrogen (secondary N) is 2. The molecule has 0 aliphatic heterocycles. The molecular weight excluding hydrogens is 667 g/mol. The highest BCUT2D eigenvalue weighted by Gasteiger charge is 2.30. The average molecular weight is 734 g/mol. The van der Waals surface area contributed by atoms with Crippen LogP contribution in [0.4, 0.5) is 0 Å². The van der Waals surface area contributed by atoms with Crippen molar-refractivity contribution in [1.82, 2.24) is 20.5 Å². The van der Waals surface area contributed by atoms with Crippen molar-refractivity contribution in [2.45, 2.75) is 124 Å². The van der Waals surface area contributed by atoms with Crippen LogP contribution in [0.25, 0.3) is 0 Å². The lowest BCUT2D eigenvalue weighted by Gasteiger charge is -2.34. The summed E-state index contributed by atoms with van der Waals surface area (Å²) >= 11 is 1.38. The van der Waals surface area contributed by atoms with Crippen molar-refractivity contribution >= 4 is 35.5 Å². The molecule has 0 spiro atoms. The number of hydrogen-bond donors (Lipinski definition) is 4. The lowest BCUT2D eigenvalue weighted by atomic mass is 9.95.